The predicted molar refractivity (Wildman–Crippen MR) is 114 cm³/mol. The van der Waals surface area contributed by atoms with Gasteiger partial charge < -0.3 is 20.1 Å². The number of nitrogens with one attached hydrogen (secondary N) is 2. The molecule has 6 nitrogen and oxygen atoms in total. The first kappa shape index (κ1) is 21.2. The summed E-state index contributed by atoms with van der Waals surface area (Å²) in [6.07, 6.45) is 0.673. The monoisotopic (exact) mass is 460 g/mol. The van der Waals surface area contributed by atoms with Crippen LogP contribution in [0.4, 0.5) is 0 Å². The summed E-state index contributed by atoms with van der Waals surface area (Å²) in [4.78, 5) is 25.7. The molecule has 2 aromatic carbocycles. The van der Waals surface area contributed by atoms with Crippen LogP contribution < -0.4 is 20.1 Å². The molecule has 154 valence electrons. The van der Waals surface area contributed by atoms with Gasteiger partial charge >= 0.3 is 0 Å². The number of fused-ring (bicyclic) bond motifs is 1. The van der Waals surface area contributed by atoms with E-state index in [1.165, 1.54) is 0 Å². The summed E-state index contributed by atoms with van der Waals surface area (Å²) in [6.45, 7) is 4.35. The molecule has 7 heteroatoms. The van der Waals surface area contributed by atoms with Gasteiger partial charge in [-0.3, -0.25) is 9.59 Å². The third kappa shape index (κ3) is 5.09. The lowest BCUT2D eigenvalue weighted by atomic mass is 9.98. The Kier molecular flexibility index (Phi) is 6.79. The summed E-state index contributed by atoms with van der Waals surface area (Å²) in [5, 5.41) is 5.95. The van der Waals surface area contributed by atoms with Crippen molar-refractivity contribution in [2.24, 2.45) is 5.92 Å². The van der Waals surface area contributed by atoms with Gasteiger partial charge in [0, 0.05) is 22.0 Å². The number of hydrogen-bond acceptors (Lipinski definition) is 4. The molecule has 29 heavy (non-hydrogen) atoms. The third-order valence-corrected chi connectivity index (χ3v) is 5.41. The minimum absolute atomic E-state index is 0.0704. The standard InChI is InChI=1S/C22H25BrN2O4/c1-13(2)20(25-21(26)14-4-7-16(28-3)8-5-14)22(27)24-18-10-11-29-19-9-6-15(23)12-17(18)19/h4-9,12-13,18,20H,10-11H2,1-3H3,(H,24,27)(H,25,26). The Balaban J connectivity index is 1.72. The van der Waals surface area contributed by atoms with Crippen molar-refractivity contribution in [3.05, 3.63) is 58.1 Å². The SMILES string of the molecule is COc1ccc(C(=O)NC(C(=O)NC2CCOc3ccc(Br)cc32)C(C)C)cc1. The van der Waals surface area contributed by atoms with E-state index in [4.69, 9.17) is 9.47 Å². The van der Waals surface area contributed by atoms with Crippen LogP contribution in [0, 0.1) is 5.92 Å². The highest BCUT2D eigenvalue weighted by Crippen LogP contribution is 2.34. The molecule has 3 rings (SSSR count). The minimum atomic E-state index is -0.650. The van der Waals surface area contributed by atoms with Gasteiger partial charge in [0.1, 0.15) is 17.5 Å². The molecule has 2 aromatic rings. The zero-order valence-corrected chi connectivity index (χ0v) is 18.3. The number of methoxy groups -OCH3 is 1. The molecule has 2 amide bonds. The fourth-order valence-corrected chi connectivity index (χ4v) is 3.66. The molecule has 0 radical (unpaired) electrons. The van der Waals surface area contributed by atoms with Crippen molar-refractivity contribution in [2.45, 2.75) is 32.4 Å². The van der Waals surface area contributed by atoms with E-state index in [1.54, 1.807) is 31.4 Å². The molecule has 2 N–H and O–H groups in total. The quantitative estimate of drug-likeness (QED) is 0.685. The Labute approximate surface area is 179 Å². The topological polar surface area (TPSA) is 76.7 Å². The van der Waals surface area contributed by atoms with Gasteiger partial charge in [-0.25, -0.2) is 0 Å². The van der Waals surface area contributed by atoms with Gasteiger partial charge in [-0.2, -0.15) is 0 Å². The maximum absolute atomic E-state index is 13.0. The zero-order valence-electron chi connectivity index (χ0n) is 16.7. The highest BCUT2D eigenvalue weighted by molar-refractivity contribution is 9.10. The number of benzene rings is 2. The molecule has 2 unspecified atom stereocenters. The molecule has 0 saturated heterocycles. The Morgan fingerprint density at radius 2 is 1.90 bits per heavy atom. The van der Waals surface area contributed by atoms with Crippen LogP contribution >= 0.6 is 15.9 Å². The molecule has 2 atom stereocenters. The third-order valence-electron chi connectivity index (χ3n) is 4.92. The average Bonchev–Trinajstić information content (AvgIpc) is 2.72. The zero-order chi connectivity index (χ0) is 21.0. The normalized spacial score (nSPS) is 16.4. The number of amides is 2. The molecule has 0 saturated carbocycles. The smallest absolute Gasteiger partial charge is 0.251 e. The van der Waals surface area contributed by atoms with Gasteiger partial charge in [-0.15, -0.1) is 0 Å². The van der Waals surface area contributed by atoms with Crippen molar-refractivity contribution in [1.29, 1.82) is 0 Å². The van der Waals surface area contributed by atoms with Crippen molar-refractivity contribution in [3.63, 3.8) is 0 Å². The van der Waals surface area contributed by atoms with Crippen LogP contribution in [0.5, 0.6) is 11.5 Å². The molecule has 0 fully saturated rings. The maximum atomic E-state index is 13.0. The molecular weight excluding hydrogens is 436 g/mol. The Hall–Kier alpha value is -2.54. The molecule has 0 spiro atoms. The minimum Gasteiger partial charge on any atom is -0.497 e. The van der Waals surface area contributed by atoms with Crippen LogP contribution in [0.15, 0.2) is 46.9 Å². The molecule has 0 aliphatic carbocycles. The molecule has 1 aliphatic heterocycles. The second-order valence-electron chi connectivity index (χ2n) is 7.30. The first-order chi connectivity index (χ1) is 13.9. The molecule has 0 aromatic heterocycles. The van der Waals surface area contributed by atoms with E-state index in [2.05, 4.69) is 26.6 Å². The van der Waals surface area contributed by atoms with Crippen molar-refractivity contribution < 1.29 is 19.1 Å². The molecule has 1 heterocycles. The summed E-state index contributed by atoms with van der Waals surface area (Å²) >= 11 is 3.47. The van der Waals surface area contributed by atoms with Crippen LogP contribution in [-0.4, -0.2) is 31.6 Å². The van der Waals surface area contributed by atoms with Crippen molar-refractivity contribution in [2.75, 3.05) is 13.7 Å². The first-order valence-electron chi connectivity index (χ1n) is 9.56. The largest absolute Gasteiger partial charge is 0.497 e. The summed E-state index contributed by atoms with van der Waals surface area (Å²) in [7, 11) is 1.57. The first-order valence-corrected chi connectivity index (χ1v) is 10.4. The highest BCUT2D eigenvalue weighted by Gasteiger charge is 2.29. The highest BCUT2D eigenvalue weighted by atomic mass is 79.9. The van der Waals surface area contributed by atoms with Gasteiger partial charge in [-0.1, -0.05) is 29.8 Å². The lowest BCUT2D eigenvalue weighted by molar-refractivity contribution is -0.124. The van der Waals surface area contributed by atoms with Gasteiger partial charge in [0.15, 0.2) is 0 Å². The number of carbonyl (C=O) groups is 2. The number of hydrogen-bond donors (Lipinski definition) is 2. The van der Waals surface area contributed by atoms with Gasteiger partial charge in [0.05, 0.1) is 19.8 Å². The summed E-state index contributed by atoms with van der Waals surface area (Å²) < 4.78 is 11.7. The van der Waals surface area contributed by atoms with Crippen molar-refractivity contribution >= 4 is 27.7 Å². The maximum Gasteiger partial charge on any atom is 0.251 e. The lowest BCUT2D eigenvalue weighted by Crippen LogP contribution is -2.50. The van der Waals surface area contributed by atoms with Gasteiger partial charge in [0.2, 0.25) is 5.91 Å². The van der Waals surface area contributed by atoms with Crippen molar-refractivity contribution in [3.8, 4) is 11.5 Å². The predicted octanol–water partition coefficient (Wildman–Crippen LogP) is 3.85. The van der Waals surface area contributed by atoms with E-state index in [-0.39, 0.29) is 23.8 Å². The van der Waals surface area contributed by atoms with Crippen LogP contribution in [0.3, 0.4) is 0 Å². The molecular formula is C22H25BrN2O4. The average molecular weight is 461 g/mol. The Bertz CT molecular complexity index is 883. The fourth-order valence-electron chi connectivity index (χ4n) is 3.28. The van der Waals surface area contributed by atoms with Gasteiger partial charge in [0.25, 0.3) is 5.91 Å². The number of rotatable bonds is 6. The van der Waals surface area contributed by atoms with Gasteiger partial charge in [-0.05, 0) is 48.4 Å². The van der Waals surface area contributed by atoms with E-state index in [0.29, 0.717) is 24.3 Å². The molecule has 1 aliphatic rings. The van der Waals surface area contributed by atoms with E-state index >= 15 is 0 Å². The van der Waals surface area contributed by atoms with E-state index in [1.807, 2.05) is 32.0 Å². The lowest BCUT2D eigenvalue weighted by Gasteiger charge is -2.29. The molecule has 0 bridgehead atoms. The number of halogens is 1. The van der Waals surface area contributed by atoms with Crippen LogP contribution in [0.1, 0.15) is 42.2 Å². The van der Waals surface area contributed by atoms with Crippen molar-refractivity contribution in [1.82, 2.24) is 10.6 Å². The fraction of sp³-hybridized carbons (Fsp3) is 0.364. The number of ether oxygens (including phenoxy) is 2. The van der Waals surface area contributed by atoms with E-state index in [9.17, 15) is 9.59 Å². The summed E-state index contributed by atoms with van der Waals surface area (Å²) in [6, 6.07) is 11.7. The Morgan fingerprint density at radius 1 is 1.17 bits per heavy atom. The Morgan fingerprint density at radius 3 is 2.55 bits per heavy atom. The van der Waals surface area contributed by atoms with E-state index < -0.39 is 6.04 Å². The second kappa shape index (κ2) is 9.31. The summed E-state index contributed by atoms with van der Waals surface area (Å²) in [5.74, 6) is 0.868. The van der Waals surface area contributed by atoms with Crippen LogP contribution in [-0.2, 0) is 4.79 Å². The van der Waals surface area contributed by atoms with E-state index in [0.717, 1.165) is 15.8 Å². The van der Waals surface area contributed by atoms with Crippen LogP contribution in [0.25, 0.3) is 0 Å². The van der Waals surface area contributed by atoms with Crippen LogP contribution in [0.2, 0.25) is 0 Å². The summed E-state index contributed by atoms with van der Waals surface area (Å²) in [5.41, 5.74) is 1.41. The second-order valence-corrected chi connectivity index (χ2v) is 8.22. The number of carbonyl (C=O) groups excluding carboxylic acids is 2.